The minimum Gasteiger partial charge on any atom is -0.487 e. The number of carboxylic acid groups (broad SMARTS) is 1. The molecule has 2 N–H and O–H groups in total. The molecule has 0 aliphatic carbocycles. The highest BCUT2D eigenvalue weighted by atomic mass is 35.5. The molecule has 0 aliphatic heterocycles. The minimum absolute atomic E-state index is 0.0421. The zero-order valence-electron chi connectivity index (χ0n) is 17.7. The smallest absolute Gasteiger partial charge is 0.417 e. The second kappa shape index (κ2) is 9.27. The van der Waals surface area contributed by atoms with Gasteiger partial charge in [0, 0.05) is 33.8 Å². The molecule has 1 unspecified atom stereocenters. The molecule has 0 fully saturated rings. The van der Waals surface area contributed by atoms with Crippen molar-refractivity contribution in [3.05, 3.63) is 70.5 Å². The van der Waals surface area contributed by atoms with Crippen molar-refractivity contribution in [2.45, 2.75) is 38.6 Å². The highest BCUT2D eigenvalue weighted by Gasteiger charge is 2.34. The lowest BCUT2D eigenvalue weighted by molar-refractivity contribution is -0.144. The summed E-state index contributed by atoms with van der Waals surface area (Å²) in [6.45, 7) is 2.66. The summed E-state index contributed by atoms with van der Waals surface area (Å²) in [7, 11) is 0. The van der Waals surface area contributed by atoms with Gasteiger partial charge in [0.1, 0.15) is 17.9 Å². The zero-order valence-corrected chi connectivity index (χ0v) is 18.4. The highest BCUT2D eigenvalue weighted by molar-refractivity contribution is 6.36. The van der Waals surface area contributed by atoms with Gasteiger partial charge in [-0.15, -0.1) is 0 Å². The maximum absolute atomic E-state index is 13.1. The third-order valence-electron chi connectivity index (χ3n) is 5.26. The Labute approximate surface area is 192 Å². The molecule has 1 heterocycles. The summed E-state index contributed by atoms with van der Waals surface area (Å²) < 4.78 is 44.9. The Morgan fingerprint density at radius 1 is 1.15 bits per heavy atom. The van der Waals surface area contributed by atoms with E-state index in [1.54, 1.807) is 31.2 Å². The summed E-state index contributed by atoms with van der Waals surface area (Å²) in [5.74, 6) is -1.90. The van der Waals surface area contributed by atoms with E-state index in [-0.39, 0.29) is 34.9 Å². The number of amides is 1. The largest absolute Gasteiger partial charge is 0.487 e. The number of nitrogens with zero attached hydrogens (tertiary/aromatic N) is 1. The number of pyridine rings is 1. The number of carboxylic acids is 1. The lowest BCUT2D eigenvalue weighted by Crippen LogP contribution is -2.51. The molecule has 6 nitrogen and oxygen atoms in total. The minimum atomic E-state index is -4.57. The van der Waals surface area contributed by atoms with E-state index >= 15 is 0 Å². The van der Waals surface area contributed by atoms with Crippen LogP contribution in [0.1, 0.15) is 41.8 Å². The summed E-state index contributed by atoms with van der Waals surface area (Å²) in [6, 6.07) is 9.01. The highest BCUT2D eigenvalue weighted by Crippen LogP contribution is 2.36. The Kier molecular flexibility index (Phi) is 6.83. The predicted octanol–water partition coefficient (Wildman–Crippen LogP) is 5.47. The van der Waals surface area contributed by atoms with E-state index in [2.05, 4.69) is 10.3 Å². The molecule has 0 radical (unpaired) electrons. The van der Waals surface area contributed by atoms with E-state index in [0.717, 1.165) is 6.07 Å². The molecule has 174 valence electrons. The fraction of sp³-hybridized carbons (Fsp3) is 0.261. The number of carbonyl (C=O) groups excluding carboxylic acids is 1. The van der Waals surface area contributed by atoms with Gasteiger partial charge in [-0.3, -0.25) is 9.78 Å². The lowest BCUT2D eigenvalue weighted by atomic mass is 9.97. The Morgan fingerprint density at radius 2 is 1.82 bits per heavy atom. The lowest BCUT2D eigenvalue weighted by Gasteiger charge is -2.25. The van der Waals surface area contributed by atoms with Crippen LogP contribution in [0.15, 0.2) is 48.8 Å². The van der Waals surface area contributed by atoms with Crippen molar-refractivity contribution in [3.8, 4) is 5.75 Å². The molecule has 0 saturated heterocycles. The predicted molar refractivity (Wildman–Crippen MR) is 116 cm³/mol. The molecule has 3 rings (SSSR count). The summed E-state index contributed by atoms with van der Waals surface area (Å²) in [6.07, 6.45) is -2.52. The standard InChI is InChI=1S/C23H20ClF3N2O4/c1-3-22(2,21(31)32)29-20(30)17-9-18(24)15-6-4-5-7-16(15)19(17)33-12-13-8-14(11-28-10-13)23(25,26)27/h4-11H,3,12H2,1-2H3,(H,29,30)(H,31,32). The summed E-state index contributed by atoms with van der Waals surface area (Å²) in [5.41, 5.74) is -2.38. The van der Waals surface area contributed by atoms with Crippen LogP contribution in [-0.2, 0) is 17.6 Å². The van der Waals surface area contributed by atoms with Crippen molar-refractivity contribution in [2.75, 3.05) is 0 Å². The number of hydrogen-bond acceptors (Lipinski definition) is 4. The topological polar surface area (TPSA) is 88.5 Å². The summed E-state index contributed by atoms with van der Waals surface area (Å²) in [5, 5.41) is 13.2. The first-order valence-electron chi connectivity index (χ1n) is 9.87. The molecule has 2 aromatic carbocycles. The van der Waals surface area contributed by atoms with E-state index in [4.69, 9.17) is 16.3 Å². The average molecular weight is 481 g/mol. The van der Waals surface area contributed by atoms with Gasteiger partial charge in [-0.2, -0.15) is 13.2 Å². The second-order valence-corrected chi connectivity index (χ2v) is 8.00. The van der Waals surface area contributed by atoms with Gasteiger partial charge in [-0.1, -0.05) is 42.8 Å². The van der Waals surface area contributed by atoms with Gasteiger partial charge in [0.25, 0.3) is 5.91 Å². The van der Waals surface area contributed by atoms with Gasteiger partial charge >= 0.3 is 12.1 Å². The van der Waals surface area contributed by atoms with Gasteiger partial charge in [0.05, 0.1) is 11.1 Å². The van der Waals surface area contributed by atoms with Crippen molar-refractivity contribution in [2.24, 2.45) is 0 Å². The molecule has 1 amide bonds. The first-order valence-corrected chi connectivity index (χ1v) is 10.2. The number of fused-ring (bicyclic) bond motifs is 1. The number of ether oxygens (including phenoxy) is 1. The fourth-order valence-electron chi connectivity index (χ4n) is 3.12. The summed E-state index contributed by atoms with van der Waals surface area (Å²) >= 11 is 6.35. The zero-order chi connectivity index (χ0) is 24.4. The van der Waals surface area contributed by atoms with Crippen LogP contribution in [-0.4, -0.2) is 27.5 Å². The van der Waals surface area contributed by atoms with Crippen LogP contribution in [0, 0.1) is 0 Å². The van der Waals surface area contributed by atoms with E-state index < -0.39 is 29.2 Å². The molecule has 0 saturated carbocycles. The third-order valence-corrected chi connectivity index (χ3v) is 5.58. The van der Waals surface area contributed by atoms with Crippen molar-refractivity contribution < 1.29 is 32.6 Å². The van der Waals surface area contributed by atoms with E-state index in [0.29, 0.717) is 17.0 Å². The maximum atomic E-state index is 13.1. The molecule has 0 aliphatic rings. The fourth-order valence-corrected chi connectivity index (χ4v) is 3.39. The number of halogens is 4. The first-order chi connectivity index (χ1) is 15.5. The summed E-state index contributed by atoms with van der Waals surface area (Å²) in [4.78, 5) is 28.3. The Bertz CT molecular complexity index is 1220. The van der Waals surface area contributed by atoms with Crippen molar-refractivity contribution in [1.82, 2.24) is 10.3 Å². The van der Waals surface area contributed by atoms with Crippen LogP contribution < -0.4 is 10.1 Å². The van der Waals surface area contributed by atoms with Crippen molar-refractivity contribution in [1.29, 1.82) is 0 Å². The Hall–Kier alpha value is -3.33. The second-order valence-electron chi connectivity index (χ2n) is 7.59. The van der Waals surface area contributed by atoms with Gasteiger partial charge in [-0.05, 0) is 25.5 Å². The van der Waals surface area contributed by atoms with Crippen LogP contribution in [0.5, 0.6) is 5.75 Å². The number of carbonyl (C=O) groups is 2. The number of aromatic nitrogens is 1. The molecule has 10 heteroatoms. The number of nitrogens with one attached hydrogen (secondary N) is 1. The SMILES string of the molecule is CCC(C)(NC(=O)c1cc(Cl)c2ccccc2c1OCc1cncc(C(F)(F)F)c1)C(=O)O. The van der Waals surface area contributed by atoms with Gasteiger partial charge in [0.2, 0.25) is 0 Å². The van der Waals surface area contributed by atoms with Gasteiger partial charge in [0.15, 0.2) is 0 Å². The van der Waals surface area contributed by atoms with Crippen LogP contribution >= 0.6 is 11.6 Å². The molecule has 0 spiro atoms. The van der Waals surface area contributed by atoms with Crippen LogP contribution in [0.4, 0.5) is 13.2 Å². The van der Waals surface area contributed by atoms with Crippen LogP contribution in [0.3, 0.4) is 0 Å². The number of hydrogen-bond donors (Lipinski definition) is 2. The maximum Gasteiger partial charge on any atom is 0.417 e. The van der Waals surface area contributed by atoms with E-state index in [1.807, 2.05) is 0 Å². The molecule has 0 bridgehead atoms. The Morgan fingerprint density at radius 3 is 2.42 bits per heavy atom. The quantitative estimate of drug-likeness (QED) is 0.468. The molecule has 3 aromatic rings. The van der Waals surface area contributed by atoms with E-state index in [1.165, 1.54) is 19.2 Å². The van der Waals surface area contributed by atoms with E-state index in [9.17, 15) is 27.9 Å². The molecule has 33 heavy (non-hydrogen) atoms. The monoisotopic (exact) mass is 480 g/mol. The molecule has 1 aromatic heterocycles. The number of alkyl halides is 3. The molecular formula is C23H20ClF3N2O4. The van der Waals surface area contributed by atoms with Gasteiger partial charge < -0.3 is 15.2 Å². The number of benzene rings is 2. The van der Waals surface area contributed by atoms with Crippen LogP contribution in [0.2, 0.25) is 5.02 Å². The number of rotatable bonds is 7. The average Bonchev–Trinajstić information content (AvgIpc) is 2.77. The molecule has 1 atom stereocenters. The Balaban J connectivity index is 2.04. The van der Waals surface area contributed by atoms with Crippen molar-refractivity contribution >= 4 is 34.2 Å². The third kappa shape index (κ3) is 5.19. The first kappa shape index (κ1) is 24.3. The molecular weight excluding hydrogens is 461 g/mol. The van der Waals surface area contributed by atoms with Crippen LogP contribution in [0.25, 0.3) is 10.8 Å². The normalized spacial score (nSPS) is 13.4. The number of aliphatic carboxylic acids is 1. The van der Waals surface area contributed by atoms with Crippen molar-refractivity contribution in [3.63, 3.8) is 0 Å². The van der Waals surface area contributed by atoms with Gasteiger partial charge in [-0.25, -0.2) is 4.79 Å².